The Balaban J connectivity index is 1.16. The Morgan fingerprint density at radius 2 is 0.745 bits per heavy atom. The van der Waals surface area contributed by atoms with Gasteiger partial charge in [0, 0.05) is 39.5 Å². The van der Waals surface area contributed by atoms with E-state index >= 15 is 0 Å². The minimum absolute atomic E-state index is 0.199. The third-order valence-corrected chi connectivity index (χ3v) is 10.4. The average Bonchev–Trinajstić information content (AvgIpc) is 3.42. The SMILES string of the molecule is CC1(C)c2cc(N(c3ccccc3)c3ccccc3)ccc2-c2c1cc(-c1ccc(N(c3ccccc3)c3ccccc3)cc1)c1ccccc21. The van der Waals surface area contributed by atoms with Crippen LogP contribution in [0.1, 0.15) is 25.0 Å². The highest BCUT2D eigenvalue weighted by Crippen LogP contribution is 2.54. The largest absolute Gasteiger partial charge is 0.311 e. The Hall–Kier alpha value is -6.38. The predicted octanol–water partition coefficient (Wildman–Crippen LogP) is 13.8. The summed E-state index contributed by atoms with van der Waals surface area (Å²) in [5, 5.41) is 2.57. The summed E-state index contributed by atoms with van der Waals surface area (Å²) in [5.41, 5.74) is 14.5. The predicted molar refractivity (Wildman–Crippen MR) is 216 cm³/mol. The highest BCUT2D eigenvalue weighted by Gasteiger charge is 2.38. The third kappa shape index (κ3) is 5.28. The van der Waals surface area contributed by atoms with E-state index in [2.05, 4.69) is 218 Å². The van der Waals surface area contributed by atoms with E-state index in [0.29, 0.717) is 0 Å². The van der Waals surface area contributed by atoms with Crippen molar-refractivity contribution in [1.29, 1.82) is 0 Å². The van der Waals surface area contributed by atoms with Gasteiger partial charge in [-0.15, -0.1) is 0 Å². The van der Waals surface area contributed by atoms with E-state index in [1.807, 2.05) is 0 Å². The molecule has 0 radical (unpaired) electrons. The smallest absolute Gasteiger partial charge is 0.0465 e. The molecule has 2 heteroatoms. The lowest BCUT2D eigenvalue weighted by molar-refractivity contribution is 0.661. The first kappa shape index (κ1) is 30.7. The van der Waals surface area contributed by atoms with Crippen LogP contribution in [0.4, 0.5) is 34.1 Å². The Morgan fingerprint density at radius 3 is 1.25 bits per heavy atom. The van der Waals surface area contributed by atoms with Crippen LogP contribution in [-0.4, -0.2) is 0 Å². The lowest BCUT2D eigenvalue weighted by Crippen LogP contribution is -2.16. The molecule has 244 valence electrons. The van der Waals surface area contributed by atoms with Gasteiger partial charge in [-0.2, -0.15) is 0 Å². The van der Waals surface area contributed by atoms with Crippen molar-refractivity contribution in [2.24, 2.45) is 0 Å². The van der Waals surface area contributed by atoms with E-state index in [1.165, 1.54) is 44.2 Å². The lowest BCUT2D eigenvalue weighted by Gasteiger charge is -2.28. The van der Waals surface area contributed by atoms with E-state index in [1.54, 1.807) is 0 Å². The van der Waals surface area contributed by atoms with Crippen LogP contribution in [0.2, 0.25) is 0 Å². The molecule has 0 amide bonds. The van der Waals surface area contributed by atoms with Gasteiger partial charge in [-0.3, -0.25) is 0 Å². The van der Waals surface area contributed by atoms with Crippen LogP contribution in [-0.2, 0) is 5.41 Å². The molecule has 1 aliphatic rings. The first-order valence-corrected chi connectivity index (χ1v) is 17.7. The number of anilines is 6. The molecule has 0 saturated carbocycles. The van der Waals surface area contributed by atoms with Gasteiger partial charge in [-0.1, -0.05) is 129 Å². The molecule has 0 aliphatic heterocycles. The molecule has 9 rings (SSSR count). The van der Waals surface area contributed by atoms with Crippen molar-refractivity contribution in [1.82, 2.24) is 0 Å². The highest BCUT2D eigenvalue weighted by molar-refractivity contribution is 6.09. The summed E-state index contributed by atoms with van der Waals surface area (Å²) in [7, 11) is 0. The Morgan fingerprint density at radius 1 is 0.333 bits per heavy atom. The molecule has 0 aromatic heterocycles. The molecule has 2 nitrogen and oxygen atoms in total. The third-order valence-electron chi connectivity index (χ3n) is 10.4. The molecule has 0 N–H and O–H groups in total. The molecule has 0 atom stereocenters. The minimum atomic E-state index is -0.199. The monoisotopic (exact) mass is 654 g/mol. The van der Waals surface area contributed by atoms with Crippen molar-refractivity contribution in [3.63, 3.8) is 0 Å². The second-order valence-corrected chi connectivity index (χ2v) is 13.8. The fraction of sp³-hybridized carbons (Fsp3) is 0.0612. The zero-order valence-corrected chi connectivity index (χ0v) is 28.9. The number of para-hydroxylation sites is 4. The van der Waals surface area contributed by atoms with Gasteiger partial charge in [0.2, 0.25) is 0 Å². The topological polar surface area (TPSA) is 6.48 Å². The minimum Gasteiger partial charge on any atom is -0.311 e. The fourth-order valence-corrected chi connectivity index (χ4v) is 7.94. The molecule has 1 aliphatic carbocycles. The number of hydrogen-bond acceptors (Lipinski definition) is 2. The van der Waals surface area contributed by atoms with E-state index in [-0.39, 0.29) is 5.41 Å². The van der Waals surface area contributed by atoms with Gasteiger partial charge < -0.3 is 9.80 Å². The Bertz CT molecular complexity index is 2390. The van der Waals surface area contributed by atoms with Crippen LogP contribution < -0.4 is 9.80 Å². The summed E-state index contributed by atoms with van der Waals surface area (Å²) in [5.74, 6) is 0. The van der Waals surface area contributed by atoms with Crippen molar-refractivity contribution in [2.75, 3.05) is 9.80 Å². The molecule has 0 fully saturated rings. The molecule has 0 bridgehead atoms. The van der Waals surface area contributed by atoms with Gasteiger partial charge in [0.15, 0.2) is 0 Å². The molecular formula is C49H38N2. The zero-order valence-electron chi connectivity index (χ0n) is 28.9. The first-order chi connectivity index (χ1) is 25.1. The molecule has 0 saturated heterocycles. The number of hydrogen-bond donors (Lipinski definition) is 0. The van der Waals surface area contributed by atoms with Crippen LogP contribution in [0.3, 0.4) is 0 Å². The summed E-state index contributed by atoms with van der Waals surface area (Å²) < 4.78 is 0. The maximum atomic E-state index is 2.46. The molecule has 51 heavy (non-hydrogen) atoms. The molecule has 8 aromatic carbocycles. The zero-order chi connectivity index (χ0) is 34.4. The standard InChI is InChI=1S/C49H38N2/c1-49(2)46-33-41(51(38-21-11-5-12-22-38)39-23-13-6-14-24-39)31-32-44(46)48-43-26-16-15-25-42(43)45(34-47(48)49)35-27-29-40(30-28-35)50(36-17-7-3-8-18-36)37-19-9-4-10-20-37/h3-34H,1-2H3. The van der Waals surface area contributed by atoms with E-state index in [4.69, 9.17) is 0 Å². The normalized spacial score (nSPS) is 12.7. The first-order valence-electron chi connectivity index (χ1n) is 17.7. The maximum absolute atomic E-state index is 2.46. The van der Waals surface area contributed by atoms with E-state index in [0.717, 1.165) is 34.1 Å². The summed E-state index contributed by atoms with van der Waals surface area (Å²) in [6.07, 6.45) is 0. The van der Waals surface area contributed by atoms with Crippen LogP contribution in [0, 0.1) is 0 Å². The molecular weight excluding hydrogens is 617 g/mol. The van der Waals surface area contributed by atoms with Crippen molar-refractivity contribution in [3.8, 4) is 22.3 Å². The second kappa shape index (κ2) is 12.5. The second-order valence-electron chi connectivity index (χ2n) is 13.8. The van der Waals surface area contributed by atoms with Gasteiger partial charge >= 0.3 is 0 Å². The van der Waals surface area contributed by atoms with Crippen molar-refractivity contribution >= 4 is 44.9 Å². The van der Waals surface area contributed by atoms with Crippen LogP contribution >= 0.6 is 0 Å². The summed E-state index contributed by atoms with van der Waals surface area (Å²) in [4.78, 5) is 4.68. The Labute approximate surface area is 300 Å². The quantitative estimate of drug-likeness (QED) is 0.169. The molecule has 8 aromatic rings. The molecule has 0 unspecified atom stereocenters. The van der Waals surface area contributed by atoms with Gasteiger partial charge in [0.1, 0.15) is 0 Å². The molecule has 0 spiro atoms. The van der Waals surface area contributed by atoms with Crippen molar-refractivity contribution in [3.05, 3.63) is 205 Å². The average molecular weight is 655 g/mol. The lowest BCUT2D eigenvalue weighted by atomic mass is 9.80. The van der Waals surface area contributed by atoms with E-state index < -0.39 is 0 Å². The summed E-state index contributed by atoms with van der Waals surface area (Å²) in [6, 6.07) is 70.1. The van der Waals surface area contributed by atoms with Gasteiger partial charge in [0.05, 0.1) is 0 Å². The van der Waals surface area contributed by atoms with Gasteiger partial charge in [-0.25, -0.2) is 0 Å². The maximum Gasteiger partial charge on any atom is 0.0465 e. The van der Waals surface area contributed by atoms with Gasteiger partial charge in [0.25, 0.3) is 0 Å². The van der Waals surface area contributed by atoms with Crippen LogP contribution in [0.5, 0.6) is 0 Å². The van der Waals surface area contributed by atoms with Crippen molar-refractivity contribution in [2.45, 2.75) is 19.3 Å². The number of nitrogens with zero attached hydrogens (tertiary/aromatic N) is 2. The highest BCUT2D eigenvalue weighted by atomic mass is 15.1. The summed E-state index contributed by atoms with van der Waals surface area (Å²) in [6.45, 7) is 4.77. The van der Waals surface area contributed by atoms with E-state index in [9.17, 15) is 0 Å². The van der Waals surface area contributed by atoms with Crippen molar-refractivity contribution < 1.29 is 0 Å². The Kier molecular flexibility index (Phi) is 7.51. The number of fused-ring (bicyclic) bond motifs is 5. The number of benzene rings is 8. The fourth-order valence-electron chi connectivity index (χ4n) is 7.94. The van der Waals surface area contributed by atoms with Gasteiger partial charge in [-0.05, 0) is 123 Å². The summed E-state index contributed by atoms with van der Waals surface area (Å²) >= 11 is 0. The number of rotatable bonds is 7. The van der Waals surface area contributed by atoms with Crippen LogP contribution in [0.15, 0.2) is 194 Å². The molecule has 0 heterocycles. The van der Waals surface area contributed by atoms with Crippen LogP contribution in [0.25, 0.3) is 33.0 Å².